The molecule has 0 radical (unpaired) electrons. The van der Waals surface area contributed by atoms with Gasteiger partial charge in [-0.2, -0.15) is 0 Å². The smallest absolute Gasteiger partial charge is 0.160 e. The highest BCUT2D eigenvalue weighted by atomic mass is 14.9. The fraction of sp³-hybridized carbons (Fsp3) is 0. The Kier molecular flexibility index (Phi) is 8.47. The number of para-hydroxylation sites is 2. The third kappa shape index (κ3) is 6.40. The standard InChI is InChI=1S/C52H34N4/c1-3-15-35(16-4-1)37-19-11-23-41(31-37)49-45-27-7-9-29-47(45)54-52(55-49)44-26-14-22-40(34-44)39-21-12-24-42(32-39)50-46-28-8-10-30-48(46)53-51(56-50)43-25-13-20-38(33-43)36-17-5-2-6-18-36/h1-34H. The zero-order chi connectivity index (χ0) is 37.3. The lowest BCUT2D eigenvalue weighted by atomic mass is 9.97. The predicted octanol–water partition coefficient (Wildman–Crippen LogP) is 13.2. The predicted molar refractivity (Wildman–Crippen MR) is 231 cm³/mol. The summed E-state index contributed by atoms with van der Waals surface area (Å²) in [5.74, 6) is 1.38. The van der Waals surface area contributed by atoms with Crippen LogP contribution in [0, 0.1) is 0 Å². The van der Waals surface area contributed by atoms with Crippen molar-refractivity contribution < 1.29 is 0 Å². The van der Waals surface area contributed by atoms with Crippen molar-refractivity contribution in [3.8, 4) is 78.7 Å². The van der Waals surface area contributed by atoms with E-state index in [-0.39, 0.29) is 0 Å². The molecule has 0 N–H and O–H groups in total. The van der Waals surface area contributed by atoms with Crippen LogP contribution in [-0.4, -0.2) is 19.9 Å². The summed E-state index contributed by atoms with van der Waals surface area (Å²) in [5.41, 5.74) is 14.4. The average Bonchev–Trinajstić information content (AvgIpc) is 3.29. The molecule has 2 aromatic heterocycles. The van der Waals surface area contributed by atoms with Gasteiger partial charge in [0.1, 0.15) is 0 Å². The van der Waals surface area contributed by atoms with Gasteiger partial charge in [-0.05, 0) is 69.8 Å². The number of hydrogen-bond acceptors (Lipinski definition) is 4. The van der Waals surface area contributed by atoms with Gasteiger partial charge in [-0.25, -0.2) is 19.9 Å². The largest absolute Gasteiger partial charge is 0.228 e. The Morgan fingerprint density at radius 1 is 0.214 bits per heavy atom. The van der Waals surface area contributed by atoms with E-state index in [4.69, 9.17) is 19.9 Å². The second kappa shape index (κ2) is 14.3. The van der Waals surface area contributed by atoms with Crippen LogP contribution in [0.25, 0.3) is 100 Å². The molecule has 10 aromatic rings. The molecule has 0 fully saturated rings. The summed E-state index contributed by atoms with van der Waals surface area (Å²) in [7, 11) is 0. The quantitative estimate of drug-likeness (QED) is 0.165. The number of fused-ring (bicyclic) bond motifs is 2. The minimum Gasteiger partial charge on any atom is -0.228 e. The van der Waals surface area contributed by atoms with Crippen LogP contribution in [0.2, 0.25) is 0 Å². The van der Waals surface area contributed by atoms with Crippen LogP contribution < -0.4 is 0 Å². The normalized spacial score (nSPS) is 11.2. The van der Waals surface area contributed by atoms with Crippen molar-refractivity contribution in [1.29, 1.82) is 0 Å². The Morgan fingerprint density at radius 3 is 0.946 bits per heavy atom. The molecule has 4 heteroatoms. The first kappa shape index (κ1) is 33.0. The van der Waals surface area contributed by atoms with Gasteiger partial charge in [0.05, 0.1) is 22.4 Å². The third-order valence-corrected chi connectivity index (χ3v) is 10.3. The highest BCUT2D eigenvalue weighted by molar-refractivity contribution is 5.96. The molecule has 0 amide bonds. The highest BCUT2D eigenvalue weighted by Gasteiger charge is 2.15. The Morgan fingerprint density at radius 2 is 0.518 bits per heavy atom. The van der Waals surface area contributed by atoms with Crippen LogP contribution in [0.5, 0.6) is 0 Å². The van der Waals surface area contributed by atoms with Gasteiger partial charge in [0.15, 0.2) is 11.6 Å². The number of rotatable bonds is 7. The fourth-order valence-corrected chi connectivity index (χ4v) is 7.48. The maximum Gasteiger partial charge on any atom is 0.160 e. The zero-order valence-electron chi connectivity index (χ0n) is 30.4. The van der Waals surface area contributed by atoms with Crippen LogP contribution in [0.15, 0.2) is 206 Å². The summed E-state index contributed by atoms with van der Waals surface area (Å²) in [6.45, 7) is 0. The summed E-state index contributed by atoms with van der Waals surface area (Å²) < 4.78 is 0. The SMILES string of the molecule is c1ccc(-c2cccc(-c3nc(-c4cccc(-c5cccc(-c6nc(-c7cccc(-c8ccccc8)c7)c7ccccc7n6)c5)c4)c4ccccc4n3)c2)cc1. The van der Waals surface area contributed by atoms with E-state index in [2.05, 4.69) is 176 Å². The van der Waals surface area contributed by atoms with Gasteiger partial charge in [-0.3, -0.25) is 0 Å². The highest BCUT2D eigenvalue weighted by Crippen LogP contribution is 2.36. The lowest BCUT2D eigenvalue weighted by Gasteiger charge is -2.13. The molecule has 0 unspecified atom stereocenters. The van der Waals surface area contributed by atoms with Crippen molar-refractivity contribution in [3.05, 3.63) is 206 Å². The van der Waals surface area contributed by atoms with Crippen molar-refractivity contribution in [2.45, 2.75) is 0 Å². The number of nitrogens with zero attached hydrogens (tertiary/aromatic N) is 4. The van der Waals surface area contributed by atoms with Gasteiger partial charge in [0, 0.05) is 33.0 Å². The average molecular weight is 715 g/mol. The van der Waals surface area contributed by atoms with Gasteiger partial charge in [-0.15, -0.1) is 0 Å². The van der Waals surface area contributed by atoms with Gasteiger partial charge >= 0.3 is 0 Å². The molecule has 0 atom stereocenters. The molecular weight excluding hydrogens is 681 g/mol. The van der Waals surface area contributed by atoms with E-state index in [1.54, 1.807) is 0 Å². The Labute approximate surface area is 325 Å². The van der Waals surface area contributed by atoms with Crippen molar-refractivity contribution in [1.82, 2.24) is 19.9 Å². The van der Waals surface area contributed by atoms with Crippen LogP contribution in [-0.2, 0) is 0 Å². The molecule has 0 aliphatic heterocycles. The molecule has 0 bridgehead atoms. The van der Waals surface area contributed by atoms with Gasteiger partial charge in [-0.1, -0.05) is 170 Å². The molecule has 262 valence electrons. The van der Waals surface area contributed by atoms with E-state index in [1.807, 2.05) is 30.3 Å². The Bertz CT molecular complexity index is 3030. The molecule has 10 rings (SSSR count). The third-order valence-electron chi connectivity index (χ3n) is 10.3. The first-order valence-corrected chi connectivity index (χ1v) is 18.8. The molecule has 4 nitrogen and oxygen atoms in total. The van der Waals surface area contributed by atoms with Crippen LogP contribution in [0.3, 0.4) is 0 Å². The minimum atomic E-state index is 0.686. The van der Waals surface area contributed by atoms with Gasteiger partial charge < -0.3 is 0 Å². The fourth-order valence-electron chi connectivity index (χ4n) is 7.48. The van der Waals surface area contributed by atoms with Crippen molar-refractivity contribution >= 4 is 21.8 Å². The van der Waals surface area contributed by atoms with E-state index in [9.17, 15) is 0 Å². The summed E-state index contributed by atoms with van der Waals surface area (Å²) in [4.78, 5) is 20.6. The van der Waals surface area contributed by atoms with E-state index in [0.29, 0.717) is 11.6 Å². The molecule has 0 aliphatic rings. The van der Waals surface area contributed by atoms with Crippen molar-refractivity contribution in [2.24, 2.45) is 0 Å². The second-order valence-electron chi connectivity index (χ2n) is 13.9. The second-order valence-corrected chi connectivity index (χ2v) is 13.9. The van der Waals surface area contributed by atoms with E-state index < -0.39 is 0 Å². The number of aromatic nitrogens is 4. The maximum absolute atomic E-state index is 5.25. The molecule has 56 heavy (non-hydrogen) atoms. The minimum absolute atomic E-state index is 0.686. The van der Waals surface area contributed by atoms with Crippen LogP contribution >= 0.6 is 0 Å². The molecular formula is C52H34N4. The van der Waals surface area contributed by atoms with Crippen LogP contribution in [0.4, 0.5) is 0 Å². The number of hydrogen-bond donors (Lipinski definition) is 0. The Balaban J connectivity index is 1.04. The molecule has 0 saturated heterocycles. The van der Waals surface area contributed by atoms with E-state index in [1.165, 1.54) is 5.56 Å². The van der Waals surface area contributed by atoms with E-state index >= 15 is 0 Å². The summed E-state index contributed by atoms with van der Waals surface area (Å²) in [6, 6.07) is 71.6. The first-order valence-electron chi connectivity index (χ1n) is 18.8. The van der Waals surface area contributed by atoms with Gasteiger partial charge in [0.25, 0.3) is 0 Å². The molecule has 2 heterocycles. The van der Waals surface area contributed by atoms with Crippen molar-refractivity contribution in [2.75, 3.05) is 0 Å². The maximum atomic E-state index is 5.25. The first-order chi connectivity index (χ1) is 27.7. The van der Waals surface area contributed by atoms with E-state index in [0.717, 1.165) is 83.3 Å². The molecule has 0 aliphatic carbocycles. The van der Waals surface area contributed by atoms with Crippen LogP contribution in [0.1, 0.15) is 0 Å². The van der Waals surface area contributed by atoms with Gasteiger partial charge in [0.2, 0.25) is 0 Å². The molecule has 0 saturated carbocycles. The monoisotopic (exact) mass is 714 g/mol. The zero-order valence-corrected chi connectivity index (χ0v) is 30.4. The summed E-state index contributed by atoms with van der Waals surface area (Å²) >= 11 is 0. The lowest BCUT2D eigenvalue weighted by molar-refractivity contribution is 1.23. The number of benzene rings is 8. The topological polar surface area (TPSA) is 51.6 Å². The summed E-state index contributed by atoms with van der Waals surface area (Å²) in [5, 5.41) is 2.03. The molecule has 8 aromatic carbocycles. The summed E-state index contributed by atoms with van der Waals surface area (Å²) in [6.07, 6.45) is 0. The molecule has 0 spiro atoms. The lowest BCUT2D eigenvalue weighted by Crippen LogP contribution is -1.96. The van der Waals surface area contributed by atoms with Crippen molar-refractivity contribution in [3.63, 3.8) is 0 Å². The Hall–Kier alpha value is -7.56.